The number of carbonyl (C=O) groups is 1. The number of benzene rings is 2. The van der Waals surface area contributed by atoms with Gasteiger partial charge >= 0.3 is 13.2 Å². The molecule has 0 atom stereocenters. The van der Waals surface area contributed by atoms with Gasteiger partial charge in [0.15, 0.2) is 0 Å². The number of nitrogens with zero attached hydrogens (tertiary/aromatic N) is 2. The number of nitrogens with one attached hydrogen (secondary N) is 1. The van der Waals surface area contributed by atoms with E-state index in [1.807, 2.05) is 0 Å². The molecule has 1 aliphatic heterocycles. The summed E-state index contributed by atoms with van der Waals surface area (Å²) in [6, 6.07) is 8.31. The minimum absolute atomic E-state index is 0.0174. The van der Waals surface area contributed by atoms with Gasteiger partial charge in [0.05, 0.1) is 24.3 Å². The van der Waals surface area contributed by atoms with E-state index >= 15 is 0 Å². The second-order valence-corrected chi connectivity index (χ2v) is 8.64. The van der Waals surface area contributed by atoms with Crippen molar-refractivity contribution >= 4 is 22.1 Å². The Hall–Kier alpha value is -3.23. The zero-order valence-electron chi connectivity index (χ0n) is 17.4. The monoisotopic (exact) mass is 505 g/mol. The smallest absolute Gasteiger partial charge is 0.387 e. The number of halogens is 4. The molecule has 1 fully saturated rings. The van der Waals surface area contributed by atoms with Gasteiger partial charge in [-0.2, -0.15) is 27.0 Å². The number of amides is 1. The van der Waals surface area contributed by atoms with Gasteiger partial charge in [0.25, 0.3) is 5.91 Å². The maximum absolute atomic E-state index is 12.8. The number of hydrogen-bond acceptors (Lipinski definition) is 7. The molecule has 2 aromatic rings. The van der Waals surface area contributed by atoms with Gasteiger partial charge in [-0.1, -0.05) is 6.07 Å². The molecule has 1 aliphatic rings. The van der Waals surface area contributed by atoms with E-state index < -0.39 is 40.7 Å². The second kappa shape index (κ2) is 11.3. The largest absolute Gasteiger partial charge is 0.435 e. The first kappa shape index (κ1) is 25.4. The normalized spacial score (nSPS) is 15.1. The van der Waals surface area contributed by atoms with Gasteiger partial charge in [-0.25, -0.2) is 13.8 Å². The Morgan fingerprint density at radius 3 is 2.44 bits per heavy atom. The third-order valence-electron chi connectivity index (χ3n) is 4.50. The van der Waals surface area contributed by atoms with Crippen LogP contribution in [0.15, 0.2) is 52.5 Å². The van der Waals surface area contributed by atoms with E-state index in [4.69, 9.17) is 4.74 Å². The summed E-state index contributed by atoms with van der Waals surface area (Å²) in [5, 5.41) is 3.64. The van der Waals surface area contributed by atoms with Gasteiger partial charge in [0.2, 0.25) is 10.0 Å². The van der Waals surface area contributed by atoms with Crippen molar-refractivity contribution in [1.82, 2.24) is 9.73 Å². The number of hydrazone groups is 1. The lowest BCUT2D eigenvalue weighted by atomic mass is 10.2. The molecule has 0 bridgehead atoms. The van der Waals surface area contributed by atoms with Crippen LogP contribution in [-0.2, 0) is 14.8 Å². The summed E-state index contributed by atoms with van der Waals surface area (Å²) in [6.07, 6.45) is 0.954. The first-order valence-electron chi connectivity index (χ1n) is 9.72. The highest BCUT2D eigenvalue weighted by molar-refractivity contribution is 7.89. The number of rotatable bonds is 9. The molecule has 0 aliphatic carbocycles. The maximum Gasteiger partial charge on any atom is 0.387 e. The van der Waals surface area contributed by atoms with E-state index in [9.17, 15) is 30.8 Å². The minimum Gasteiger partial charge on any atom is -0.435 e. The minimum atomic E-state index is -3.83. The molecule has 1 saturated heterocycles. The third-order valence-corrected chi connectivity index (χ3v) is 6.39. The first-order valence-corrected chi connectivity index (χ1v) is 11.2. The van der Waals surface area contributed by atoms with Crippen molar-refractivity contribution in [2.24, 2.45) is 5.10 Å². The number of ether oxygens (including phenoxy) is 3. The summed E-state index contributed by atoms with van der Waals surface area (Å²) >= 11 is 0. The fourth-order valence-corrected chi connectivity index (χ4v) is 4.41. The average Bonchev–Trinajstić information content (AvgIpc) is 2.80. The molecule has 1 heterocycles. The van der Waals surface area contributed by atoms with Crippen LogP contribution in [0.5, 0.6) is 11.5 Å². The van der Waals surface area contributed by atoms with E-state index in [1.165, 1.54) is 28.6 Å². The van der Waals surface area contributed by atoms with Crippen LogP contribution >= 0.6 is 0 Å². The summed E-state index contributed by atoms with van der Waals surface area (Å²) in [7, 11) is -3.83. The van der Waals surface area contributed by atoms with Crippen molar-refractivity contribution in [2.45, 2.75) is 18.1 Å². The van der Waals surface area contributed by atoms with Crippen molar-refractivity contribution in [3.05, 3.63) is 53.6 Å². The van der Waals surface area contributed by atoms with E-state index in [0.717, 1.165) is 24.4 Å². The molecule has 14 heteroatoms. The Morgan fingerprint density at radius 2 is 1.76 bits per heavy atom. The number of hydrogen-bond donors (Lipinski definition) is 1. The van der Waals surface area contributed by atoms with Gasteiger partial charge in [-0.15, -0.1) is 0 Å². The summed E-state index contributed by atoms with van der Waals surface area (Å²) in [5.41, 5.74) is 2.06. The Balaban J connectivity index is 1.73. The van der Waals surface area contributed by atoms with Crippen molar-refractivity contribution < 1.29 is 45.0 Å². The molecule has 9 nitrogen and oxygen atoms in total. The number of alkyl halides is 4. The van der Waals surface area contributed by atoms with Gasteiger partial charge in [-0.05, 0) is 30.3 Å². The molecule has 0 aromatic heterocycles. The predicted octanol–water partition coefficient (Wildman–Crippen LogP) is 2.67. The lowest BCUT2D eigenvalue weighted by molar-refractivity contribution is -0.0543. The van der Waals surface area contributed by atoms with Crippen LogP contribution in [0.3, 0.4) is 0 Å². The fourth-order valence-electron chi connectivity index (χ4n) is 2.95. The van der Waals surface area contributed by atoms with E-state index in [-0.39, 0.29) is 42.3 Å². The zero-order chi connectivity index (χ0) is 24.7. The standard InChI is InChI=1S/C20H19F4N3O6S/c21-19(22)32-15-5-4-14(17(11-15)33-20(23)24)12-25-26-18(28)13-2-1-3-16(10-13)34(29,30)27-6-8-31-9-7-27/h1-5,10-12,19-20H,6-9H2,(H,26,28). The van der Waals surface area contributed by atoms with Crippen LogP contribution in [0.2, 0.25) is 0 Å². The molecule has 0 unspecified atom stereocenters. The molecule has 0 spiro atoms. The Labute approximate surface area is 192 Å². The number of carbonyl (C=O) groups excluding carboxylic acids is 1. The second-order valence-electron chi connectivity index (χ2n) is 6.70. The van der Waals surface area contributed by atoms with E-state index in [2.05, 4.69) is 20.0 Å². The van der Waals surface area contributed by atoms with Gasteiger partial charge in [0.1, 0.15) is 11.5 Å². The maximum atomic E-state index is 12.8. The van der Waals surface area contributed by atoms with E-state index in [1.54, 1.807) is 0 Å². The van der Waals surface area contributed by atoms with Crippen LogP contribution in [0.25, 0.3) is 0 Å². The zero-order valence-corrected chi connectivity index (χ0v) is 18.2. The number of sulfonamides is 1. The molecule has 0 saturated carbocycles. The molecule has 1 amide bonds. The molecule has 3 rings (SSSR count). The molecule has 184 valence electrons. The molecule has 2 aromatic carbocycles. The Kier molecular flexibility index (Phi) is 8.41. The van der Waals surface area contributed by atoms with Crippen LogP contribution in [0, 0.1) is 0 Å². The van der Waals surface area contributed by atoms with E-state index in [0.29, 0.717) is 0 Å². The Bertz CT molecular complexity index is 1140. The summed E-state index contributed by atoms with van der Waals surface area (Å²) in [6.45, 7) is -5.51. The molecule has 1 N–H and O–H groups in total. The van der Waals surface area contributed by atoms with Gasteiger partial charge in [0, 0.05) is 30.3 Å². The highest BCUT2D eigenvalue weighted by Crippen LogP contribution is 2.26. The molecular weight excluding hydrogens is 486 g/mol. The molecule has 34 heavy (non-hydrogen) atoms. The Morgan fingerprint density at radius 1 is 1.06 bits per heavy atom. The summed E-state index contributed by atoms with van der Waals surface area (Å²) in [5.74, 6) is -1.70. The fraction of sp³-hybridized carbons (Fsp3) is 0.300. The quantitative estimate of drug-likeness (QED) is 0.319. The SMILES string of the molecule is O=C(NN=Cc1ccc(OC(F)F)cc1OC(F)F)c1cccc(S(=O)(=O)N2CCOCC2)c1. The topological polar surface area (TPSA) is 107 Å². The van der Waals surface area contributed by atoms with Crippen molar-refractivity contribution in [3.63, 3.8) is 0 Å². The van der Waals surface area contributed by atoms with Crippen molar-refractivity contribution in [3.8, 4) is 11.5 Å². The molecular formula is C20H19F4N3O6S. The predicted molar refractivity (Wildman–Crippen MR) is 111 cm³/mol. The van der Waals surface area contributed by atoms with Gasteiger partial charge in [-0.3, -0.25) is 4.79 Å². The first-order chi connectivity index (χ1) is 16.2. The average molecular weight is 505 g/mol. The number of morpholine rings is 1. The van der Waals surface area contributed by atoms with Crippen LogP contribution in [0.4, 0.5) is 17.6 Å². The highest BCUT2D eigenvalue weighted by atomic mass is 32.2. The summed E-state index contributed by atoms with van der Waals surface area (Å²) < 4.78 is 90.3. The van der Waals surface area contributed by atoms with Crippen LogP contribution < -0.4 is 14.9 Å². The molecule has 0 radical (unpaired) electrons. The lowest BCUT2D eigenvalue weighted by Gasteiger charge is -2.26. The van der Waals surface area contributed by atoms with Crippen molar-refractivity contribution in [2.75, 3.05) is 26.3 Å². The third kappa shape index (κ3) is 6.65. The van der Waals surface area contributed by atoms with Crippen molar-refractivity contribution in [1.29, 1.82) is 0 Å². The van der Waals surface area contributed by atoms with Crippen LogP contribution in [-0.4, -0.2) is 64.4 Å². The van der Waals surface area contributed by atoms with Crippen LogP contribution in [0.1, 0.15) is 15.9 Å². The summed E-state index contributed by atoms with van der Waals surface area (Å²) in [4.78, 5) is 12.3. The van der Waals surface area contributed by atoms with Gasteiger partial charge < -0.3 is 14.2 Å². The lowest BCUT2D eigenvalue weighted by Crippen LogP contribution is -2.40. The highest BCUT2D eigenvalue weighted by Gasteiger charge is 2.26.